The van der Waals surface area contributed by atoms with Crippen LogP contribution < -0.4 is 5.32 Å². The molecule has 6 nitrogen and oxygen atoms in total. The Hall–Kier alpha value is -2.47. The van der Waals surface area contributed by atoms with Crippen molar-refractivity contribution in [2.45, 2.75) is 51.1 Å². The molecular weight excluding hydrogens is 336 g/mol. The molecule has 1 saturated carbocycles. The van der Waals surface area contributed by atoms with Crippen molar-refractivity contribution in [1.29, 1.82) is 0 Å². The maximum Gasteiger partial charge on any atom is 0.229 e. The first-order valence-corrected chi connectivity index (χ1v) is 10.0. The number of hydrogen-bond donors (Lipinski definition) is 1. The Labute approximate surface area is 159 Å². The highest BCUT2D eigenvalue weighted by atomic mass is 15.3. The summed E-state index contributed by atoms with van der Waals surface area (Å²) < 4.78 is 2.11. The Balaban J connectivity index is 1.43. The molecule has 6 heteroatoms. The van der Waals surface area contributed by atoms with Crippen molar-refractivity contribution in [3.63, 3.8) is 0 Å². The van der Waals surface area contributed by atoms with Crippen molar-refractivity contribution in [3.05, 3.63) is 41.7 Å². The second kappa shape index (κ2) is 6.93. The van der Waals surface area contributed by atoms with Gasteiger partial charge in [-0.3, -0.25) is 0 Å². The molecule has 2 aromatic heterocycles. The number of rotatable bonds is 3. The van der Waals surface area contributed by atoms with Gasteiger partial charge in [0.25, 0.3) is 0 Å². The molecular formula is C21H26N6. The van der Waals surface area contributed by atoms with E-state index in [1.54, 1.807) is 0 Å². The maximum atomic E-state index is 4.80. The molecule has 0 radical (unpaired) electrons. The summed E-state index contributed by atoms with van der Waals surface area (Å²) in [7, 11) is 2.17. The Kier molecular flexibility index (Phi) is 4.28. The molecule has 2 aliphatic rings. The zero-order chi connectivity index (χ0) is 18.2. The molecule has 5 rings (SSSR count). The Bertz CT molecular complexity index is 956. The summed E-state index contributed by atoms with van der Waals surface area (Å²) in [4.78, 5) is 11.7. The normalized spacial score (nSPS) is 18.6. The maximum absolute atomic E-state index is 4.80. The zero-order valence-electron chi connectivity index (χ0n) is 15.9. The van der Waals surface area contributed by atoms with Gasteiger partial charge in [0, 0.05) is 25.0 Å². The van der Waals surface area contributed by atoms with Gasteiger partial charge < -0.3 is 10.2 Å². The molecule has 3 aromatic rings. The van der Waals surface area contributed by atoms with Crippen LogP contribution in [0.1, 0.15) is 49.3 Å². The fraction of sp³-hybridized carbons (Fsp3) is 0.476. The van der Waals surface area contributed by atoms with Gasteiger partial charge in [0.05, 0.1) is 17.6 Å². The number of nitrogens with one attached hydrogen (secondary N) is 1. The van der Waals surface area contributed by atoms with E-state index in [1.807, 2.05) is 12.4 Å². The SMILES string of the molecule is CN1CCc2ccc(Nc3ncc4cnn(C5CCCCC5)c4n3)cc2C1. The molecule has 1 fully saturated rings. The van der Waals surface area contributed by atoms with Gasteiger partial charge in [0.2, 0.25) is 5.95 Å². The zero-order valence-corrected chi connectivity index (χ0v) is 15.9. The predicted octanol–water partition coefficient (Wildman–Crippen LogP) is 4.06. The van der Waals surface area contributed by atoms with Gasteiger partial charge in [-0.15, -0.1) is 0 Å². The summed E-state index contributed by atoms with van der Waals surface area (Å²) in [6.45, 7) is 2.13. The standard InChI is InChI=1S/C21H26N6/c1-26-10-9-15-7-8-18(11-16(15)14-26)24-21-22-12-17-13-23-27(20(17)25-21)19-5-3-2-4-6-19/h7-8,11-13,19H,2-6,9-10,14H2,1H3,(H,22,24,25). The van der Waals surface area contributed by atoms with E-state index >= 15 is 0 Å². The number of hydrogen-bond acceptors (Lipinski definition) is 5. The lowest BCUT2D eigenvalue weighted by molar-refractivity contribution is 0.313. The molecule has 140 valence electrons. The van der Waals surface area contributed by atoms with Crippen LogP contribution >= 0.6 is 0 Å². The fourth-order valence-corrected chi connectivity index (χ4v) is 4.39. The summed E-state index contributed by atoms with van der Waals surface area (Å²) >= 11 is 0. The topological polar surface area (TPSA) is 58.9 Å². The monoisotopic (exact) mass is 362 g/mol. The van der Waals surface area contributed by atoms with Crippen LogP contribution in [0.5, 0.6) is 0 Å². The minimum Gasteiger partial charge on any atom is -0.324 e. The highest BCUT2D eigenvalue weighted by molar-refractivity contribution is 5.75. The first kappa shape index (κ1) is 16.7. The number of nitrogens with zero attached hydrogens (tertiary/aromatic N) is 5. The van der Waals surface area contributed by atoms with E-state index in [0.29, 0.717) is 12.0 Å². The van der Waals surface area contributed by atoms with Crippen molar-refractivity contribution >= 4 is 22.7 Å². The van der Waals surface area contributed by atoms with Crippen LogP contribution in [0, 0.1) is 0 Å². The predicted molar refractivity (Wildman–Crippen MR) is 107 cm³/mol. The molecule has 27 heavy (non-hydrogen) atoms. The molecule has 1 aromatic carbocycles. The average molecular weight is 362 g/mol. The Morgan fingerprint density at radius 2 is 1.96 bits per heavy atom. The van der Waals surface area contributed by atoms with Crippen LogP contribution in [0.2, 0.25) is 0 Å². The van der Waals surface area contributed by atoms with Gasteiger partial charge in [0.15, 0.2) is 5.65 Å². The molecule has 0 amide bonds. The van der Waals surface area contributed by atoms with Crippen molar-refractivity contribution in [2.75, 3.05) is 18.9 Å². The van der Waals surface area contributed by atoms with Crippen LogP contribution in [0.25, 0.3) is 11.0 Å². The highest BCUT2D eigenvalue weighted by Crippen LogP contribution is 2.30. The Morgan fingerprint density at radius 1 is 1.07 bits per heavy atom. The molecule has 3 heterocycles. The van der Waals surface area contributed by atoms with Gasteiger partial charge in [-0.2, -0.15) is 10.1 Å². The molecule has 0 spiro atoms. The second-order valence-electron chi connectivity index (χ2n) is 7.95. The van der Waals surface area contributed by atoms with Gasteiger partial charge >= 0.3 is 0 Å². The quantitative estimate of drug-likeness (QED) is 0.761. The van der Waals surface area contributed by atoms with Crippen LogP contribution in [-0.4, -0.2) is 38.2 Å². The summed E-state index contributed by atoms with van der Waals surface area (Å²) in [6, 6.07) is 7.07. The first-order valence-electron chi connectivity index (χ1n) is 10.0. The molecule has 1 aliphatic heterocycles. The van der Waals surface area contributed by atoms with E-state index in [4.69, 9.17) is 4.98 Å². The number of fused-ring (bicyclic) bond motifs is 2. The lowest BCUT2D eigenvalue weighted by atomic mass is 9.96. The van der Waals surface area contributed by atoms with Gasteiger partial charge in [-0.1, -0.05) is 25.3 Å². The third-order valence-electron chi connectivity index (χ3n) is 5.92. The molecule has 0 atom stereocenters. The van der Waals surface area contributed by atoms with Crippen molar-refractivity contribution in [3.8, 4) is 0 Å². The largest absolute Gasteiger partial charge is 0.324 e. The summed E-state index contributed by atoms with van der Waals surface area (Å²) in [5, 5.41) is 9.03. The van der Waals surface area contributed by atoms with E-state index in [0.717, 1.165) is 36.2 Å². The van der Waals surface area contributed by atoms with Crippen molar-refractivity contribution in [1.82, 2.24) is 24.6 Å². The first-order chi connectivity index (χ1) is 13.3. The minimum absolute atomic E-state index is 0.471. The minimum atomic E-state index is 0.471. The molecule has 0 unspecified atom stereocenters. The molecule has 0 saturated heterocycles. The number of aromatic nitrogens is 4. The van der Waals surface area contributed by atoms with E-state index in [-0.39, 0.29) is 0 Å². The highest BCUT2D eigenvalue weighted by Gasteiger charge is 2.19. The van der Waals surface area contributed by atoms with E-state index in [1.165, 1.54) is 43.2 Å². The molecule has 1 N–H and O–H groups in total. The lowest BCUT2D eigenvalue weighted by Crippen LogP contribution is -2.26. The van der Waals surface area contributed by atoms with Crippen LogP contribution in [0.15, 0.2) is 30.6 Å². The van der Waals surface area contributed by atoms with Crippen LogP contribution in [0.4, 0.5) is 11.6 Å². The number of anilines is 2. The lowest BCUT2D eigenvalue weighted by Gasteiger charge is -2.25. The summed E-state index contributed by atoms with van der Waals surface area (Å²) in [5.41, 5.74) is 4.83. The molecule has 0 bridgehead atoms. The van der Waals surface area contributed by atoms with E-state index < -0.39 is 0 Å². The van der Waals surface area contributed by atoms with Gasteiger partial charge in [-0.25, -0.2) is 9.67 Å². The summed E-state index contributed by atoms with van der Waals surface area (Å²) in [6.07, 6.45) is 11.2. The van der Waals surface area contributed by atoms with Crippen molar-refractivity contribution in [2.24, 2.45) is 0 Å². The third kappa shape index (κ3) is 3.30. The van der Waals surface area contributed by atoms with Crippen molar-refractivity contribution < 1.29 is 0 Å². The third-order valence-corrected chi connectivity index (χ3v) is 5.92. The van der Waals surface area contributed by atoms with Gasteiger partial charge in [-0.05, 0) is 49.6 Å². The van der Waals surface area contributed by atoms with E-state index in [2.05, 4.69) is 50.2 Å². The smallest absolute Gasteiger partial charge is 0.229 e. The second-order valence-corrected chi connectivity index (χ2v) is 7.95. The number of benzene rings is 1. The average Bonchev–Trinajstić information content (AvgIpc) is 3.11. The van der Waals surface area contributed by atoms with E-state index in [9.17, 15) is 0 Å². The number of likely N-dealkylation sites (N-methyl/N-ethyl adjacent to an activating group) is 1. The van der Waals surface area contributed by atoms with Gasteiger partial charge in [0.1, 0.15) is 0 Å². The Morgan fingerprint density at radius 3 is 2.85 bits per heavy atom. The van der Waals surface area contributed by atoms with Crippen LogP contribution in [-0.2, 0) is 13.0 Å². The van der Waals surface area contributed by atoms with Crippen LogP contribution in [0.3, 0.4) is 0 Å². The molecule has 1 aliphatic carbocycles. The summed E-state index contributed by atoms with van der Waals surface area (Å²) in [5.74, 6) is 0.643. The fourth-order valence-electron chi connectivity index (χ4n) is 4.39.